The van der Waals surface area contributed by atoms with Crippen LogP contribution in [0.15, 0.2) is 77.7 Å². The lowest BCUT2D eigenvalue weighted by Gasteiger charge is -2.32. The maximum Gasteiger partial charge on any atom is 0.264 e. The van der Waals surface area contributed by atoms with Gasteiger partial charge in [0.05, 0.1) is 10.6 Å². The topological polar surface area (TPSA) is 86.8 Å². The summed E-state index contributed by atoms with van der Waals surface area (Å²) >= 11 is 6.38. The normalized spacial score (nSPS) is 14.5. The zero-order valence-corrected chi connectivity index (χ0v) is 24.7. The summed E-state index contributed by atoms with van der Waals surface area (Å²) in [5.41, 5.74) is 2.93. The Labute approximate surface area is 242 Å². The molecule has 7 nitrogen and oxygen atoms in total. The molecule has 212 valence electrons. The van der Waals surface area contributed by atoms with Gasteiger partial charge in [-0.2, -0.15) is 0 Å². The Morgan fingerprint density at radius 2 is 1.68 bits per heavy atom. The standard InChI is InChI=1S/C31H36ClN3O4S/c1-22-10-9-11-25(18-22)20-34(24(3)31(37)33-26-12-7-8-13-26)30(36)21-35(27-17-16-23(2)29(32)19-27)40(38,39)28-14-5-4-6-15-28/h4-6,9-11,14-19,24,26H,7-8,12-13,20-21H2,1-3H3,(H,33,37)/t24-/m0/s1. The average Bonchev–Trinajstić information content (AvgIpc) is 3.45. The van der Waals surface area contributed by atoms with E-state index in [4.69, 9.17) is 11.6 Å². The predicted octanol–water partition coefficient (Wildman–Crippen LogP) is 5.63. The first-order chi connectivity index (χ1) is 19.1. The van der Waals surface area contributed by atoms with Crippen molar-refractivity contribution in [3.63, 3.8) is 0 Å². The number of carbonyl (C=O) groups excluding carboxylic acids is 2. The molecule has 0 saturated heterocycles. The fourth-order valence-electron chi connectivity index (χ4n) is 4.97. The van der Waals surface area contributed by atoms with Crippen molar-refractivity contribution in [2.75, 3.05) is 10.8 Å². The van der Waals surface area contributed by atoms with Crippen LogP contribution in [0.5, 0.6) is 0 Å². The minimum atomic E-state index is -4.13. The molecule has 0 heterocycles. The number of hydrogen-bond donors (Lipinski definition) is 1. The highest BCUT2D eigenvalue weighted by Gasteiger charge is 2.33. The summed E-state index contributed by atoms with van der Waals surface area (Å²) in [4.78, 5) is 28.9. The summed E-state index contributed by atoms with van der Waals surface area (Å²) in [5.74, 6) is -0.740. The fraction of sp³-hybridized carbons (Fsp3) is 0.355. The Morgan fingerprint density at radius 1 is 0.975 bits per heavy atom. The smallest absolute Gasteiger partial charge is 0.264 e. The van der Waals surface area contributed by atoms with Crippen LogP contribution in [-0.4, -0.2) is 43.8 Å². The van der Waals surface area contributed by atoms with Crippen LogP contribution in [0.3, 0.4) is 0 Å². The highest BCUT2D eigenvalue weighted by Crippen LogP contribution is 2.28. The second-order valence-electron chi connectivity index (χ2n) is 10.4. The van der Waals surface area contributed by atoms with E-state index in [1.54, 1.807) is 43.3 Å². The van der Waals surface area contributed by atoms with Crippen molar-refractivity contribution in [1.29, 1.82) is 0 Å². The number of aryl methyl sites for hydroxylation is 2. The molecule has 40 heavy (non-hydrogen) atoms. The van der Waals surface area contributed by atoms with Gasteiger partial charge in [0.25, 0.3) is 10.0 Å². The van der Waals surface area contributed by atoms with Gasteiger partial charge in [0, 0.05) is 17.6 Å². The Balaban J connectivity index is 1.69. The molecule has 4 rings (SSSR count). The van der Waals surface area contributed by atoms with Gasteiger partial charge in [0.15, 0.2) is 0 Å². The molecule has 3 aromatic carbocycles. The van der Waals surface area contributed by atoms with Crippen LogP contribution in [0, 0.1) is 13.8 Å². The summed E-state index contributed by atoms with van der Waals surface area (Å²) in [6, 6.07) is 19.9. The number of sulfonamides is 1. The van der Waals surface area contributed by atoms with Gasteiger partial charge in [0.2, 0.25) is 11.8 Å². The van der Waals surface area contributed by atoms with Crippen LogP contribution in [0.25, 0.3) is 0 Å². The quantitative estimate of drug-likeness (QED) is 0.336. The number of anilines is 1. The number of nitrogens with one attached hydrogen (secondary N) is 1. The van der Waals surface area contributed by atoms with E-state index in [1.165, 1.54) is 17.0 Å². The lowest BCUT2D eigenvalue weighted by atomic mass is 10.1. The van der Waals surface area contributed by atoms with E-state index in [1.807, 2.05) is 38.1 Å². The third-order valence-corrected chi connectivity index (χ3v) is 9.55. The van der Waals surface area contributed by atoms with Gasteiger partial charge in [-0.15, -0.1) is 0 Å². The lowest BCUT2D eigenvalue weighted by Crippen LogP contribution is -2.52. The van der Waals surface area contributed by atoms with E-state index in [9.17, 15) is 18.0 Å². The minimum Gasteiger partial charge on any atom is -0.352 e. The summed E-state index contributed by atoms with van der Waals surface area (Å²) < 4.78 is 28.8. The van der Waals surface area contributed by atoms with E-state index in [0.29, 0.717) is 5.02 Å². The molecule has 9 heteroatoms. The molecule has 1 atom stereocenters. The van der Waals surface area contributed by atoms with Gasteiger partial charge in [-0.1, -0.05) is 78.5 Å². The van der Waals surface area contributed by atoms with Crippen LogP contribution in [0.1, 0.15) is 49.3 Å². The monoisotopic (exact) mass is 581 g/mol. The Kier molecular flexibility index (Phi) is 9.53. The van der Waals surface area contributed by atoms with Gasteiger partial charge >= 0.3 is 0 Å². The first-order valence-electron chi connectivity index (χ1n) is 13.6. The number of benzene rings is 3. The van der Waals surface area contributed by atoms with Gasteiger partial charge < -0.3 is 10.2 Å². The van der Waals surface area contributed by atoms with Crippen molar-refractivity contribution in [2.24, 2.45) is 0 Å². The number of carbonyl (C=O) groups is 2. The number of rotatable bonds is 10. The summed E-state index contributed by atoms with van der Waals surface area (Å²) in [5, 5.41) is 3.47. The molecule has 1 fully saturated rings. The molecule has 1 aliphatic rings. The first kappa shape index (κ1) is 29.6. The lowest BCUT2D eigenvalue weighted by molar-refractivity contribution is -0.139. The molecule has 0 bridgehead atoms. The van der Waals surface area contributed by atoms with E-state index >= 15 is 0 Å². The number of nitrogens with zero attached hydrogens (tertiary/aromatic N) is 2. The molecule has 3 aromatic rings. The summed E-state index contributed by atoms with van der Waals surface area (Å²) in [6.45, 7) is 5.14. The van der Waals surface area contributed by atoms with Gasteiger partial charge in [-0.25, -0.2) is 8.42 Å². The summed E-state index contributed by atoms with van der Waals surface area (Å²) in [6.07, 6.45) is 3.97. The second-order valence-corrected chi connectivity index (χ2v) is 12.7. The van der Waals surface area contributed by atoms with Crippen molar-refractivity contribution in [3.05, 3.63) is 94.5 Å². The summed E-state index contributed by atoms with van der Waals surface area (Å²) in [7, 11) is -4.13. The Morgan fingerprint density at radius 3 is 2.33 bits per heavy atom. The largest absolute Gasteiger partial charge is 0.352 e. The van der Waals surface area contributed by atoms with Gasteiger partial charge in [0.1, 0.15) is 12.6 Å². The Hall–Kier alpha value is -3.36. The third-order valence-electron chi connectivity index (χ3n) is 7.36. The molecule has 0 radical (unpaired) electrons. The zero-order chi connectivity index (χ0) is 28.9. The van der Waals surface area contributed by atoms with E-state index in [-0.39, 0.29) is 29.1 Å². The molecule has 1 N–H and O–H groups in total. The SMILES string of the molecule is Cc1cccc(CN(C(=O)CN(c2ccc(C)c(Cl)c2)S(=O)(=O)c2ccccc2)[C@@H](C)C(=O)NC2CCCC2)c1. The fourth-order valence-corrected chi connectivity index (χ4v) is 6.57. The van der Waals surface area contributed by atoms with Crippen molar-refractivity contribution < 1.29 is 18.0 Å². The molecule has 0 aliphatic heterocycles. The molecule has 0 unspecified atom stereocenters. The van der Waals surface area contributed by atoms with Crippen LogP contribution in [0.4, 0.5) is 5.69 Å². The molecular formula is C31H36ClN3O4S. The van der Waals surface area contributed by atoms with E-state index in [0.717, 1.165) is 46.7 Å². The van der Waals surface area contributed by atoms with Crippen LogP contribution >= 0.6 is 11.6 Å². The van der Waals surface area contributed by atoms with Crippen LogP contribution in [-0.2, 0) is 26.2 Å². The highest BCUT2D eigenvalue weighted by molar-refractivity contribution is 7.92. The Bertz CT molecular complexity index is 1460. The molecule has 1 aliphatic carbocycles. The molecular weight excluding hydrogens is 546 g/mol. The molecule has 1 saturated carbocycles. The maximum absolute atomic E-state index is 14.0. The number of halogens is 1. The van der Waals surface area contributed by atoms with Crippen molar-refractivity contribution in [1.82, 2.24) is 10.2 Å². The van der Waals surface area contributed by atoms with E-state index < -0.39 is 28.5 Å². The van der Waals surface area contributed by atoms with Crippen molar-refractivity contribution in [2.45, 2.75) is 70.0 Å². The molecule has 0 aromatic heterocycles. The highest BCUT2D eigenvalue weighted by atomic mass is 35.5. The zero-order valence-electron chi connectivity index (χ0n) is 23.1. The maximum atomic E-state index is 14.0. The van der Waals surface area contributed by atoms with Crippen LogP contribution in [0.2, 0.25) is 5.02 Å². The van der Waals surface area contributed by atoms with E-state index in [2.05, 4.69) is 5.32 Å². The number of amides is 2. The van der Waals surface area contributed by atoms with Crippen molar-refractivity contribution in [3.8, 4) is 0 Å². The average molecular weight is 582 g/mol. The van der Waals surface area contributed by atoms with Crippen LogP contribution < -0.4 is 9.62 Å². The number of hydrogen-bond acceptors (Lipinski definition) is 4. The second kappa shape index (κ2) is 12.9. The minimum absolute atomic E-state index is 0.0526. The van der Waals surface area contributed by atoms with Gasteiger partial charge in [-0.3, -0.25) is 13.9 Å². The van der Waals surface area contributed by atoms with Crippen molar-refractivity contribution >= 4 is 39.1 Å². The molecule has 0 spiro atoms. The predicted molar refractivity (Wildman–Crippen MR) is 159 cm³/mol. The first-order valence-corrected chi connectivity index (χ1v) is 15.4. The molecule has 2 amide bonds. The third kappa shape index (κ3) is 7.04. The van der Waals surface area contributed by atoms with Gasteiger partial charge in [-0.05, 0) is 69.0 Å².